The number of fused-ring (bicyclic) bond motifs is 1. The molecule has 1 aliphatic heterocycles. The SMILES string of the molecule is CCN(c1ccc(-n2ncc(NC[C@H]3COC[C@@H]4[C@H](C)[C@H]34)c(Cl)c2=O)cc1)c1cnc(F)cn1. The van der Waals surface area contributed by atoms with Crippen LogP contribution in [0.1, 0.15) is 13.8 Å². The minimum absolute atomic E-state index is 0.105. The number of rotatable bonds is 7. The van der Waals surface area contributed by atoms with Gasteiger partial charge in [-0.3, -0.25) is 4.79 Å². The van der Waals surface area contributed by atoms with Crippen molar-refractivity contribution in [2.75, 3.05) is 36.5 Å². The van der Waals surface area contributed by atoms with Crippen molar-refractivity contribution in [3.63, 3.8) is 0 Å². The average molecular weight is 485 g/mol. The van der Waals surface area contributed by atoms with Crippen molar-refractivity contribution in [2.45, 2.75) is 13.8 Å². The number of nitrogens with zero attached hydrogens (tertiary/aromatic N) is 5. The van der Waals surface area contributed by atoms with Crippen LogP contribution in [0.3, 0.4) is 0 Å². The summed E-state index contributed by atoms with van der Waals surface area (Å²) in [5, 5.41) is 7.73. The van der Waals surface area contributed by atoms with Crippen LogP contribution in [0.5, 0.6) is 0 Å². The third kappa shape index (κ3) is 4.25. The second-order valence-electron chi connectivity index (χ2n) is 8.83. The second-order valence-corrected chi connectivity index (χ2v) is 9.20. The smallest absolute Gasteiger partial charge is 0.292 e. The van der Waals surface area contributed by atoms with E-state index < -0.39 is 11.5 Å². The second kappa shape index (κ2) is 9.31. The Morgan fingerprint density at radius 1 is 1.21 bits per heavy atom. The molecule has 1 saturated heterocycles. The van der Waals surface area contributed by atoms with E-state index in [1.54, 1.807) is 18.3 Å². The number of anilines is 3. The molecule has 1 N–H and O–H groups in total. The predicted octanol–water partition coefficient (Wildman–Crippen LogP) is 3.91. The number of aromatic nitrogens is 4. The van der Waals surface area contributed by atoms with E-state index in [2.05, 4.69) is 27.3 Å². The molecule has 0 spiro atoms. The van der Waals surface area contributed by atoms with Gasteiger partial charge in [0.25, 0.3) is 5.56 Å². The molecule has 2 fully saturated rings. The third-order valence-corrected chi connectivity index (χ3v) is 7.27. The maximum absolute atomic E-state index is 13.1. The lowest BCUT2D eigenvalue weighted by Crippen LogP contribution is -2.28. The Morgan fingerprint density at radius 2 is 2.00 bits per heavy atom. The quantitative estimate of drug-likeness (QED) is 0.544. The van der Waals surface area contributed by atoms with E-state index >= 15 is 0 Å². The monoisotopic (exact) mass is 484 g/mol. The Balaban J connectivity index is 1.31. The third-order valence-electron chi connectivity index (χ3n) is 6.90. The molecule has 3 aromatic rings. The molecule has 5 rings (SSSR count). The van der Waals surface area contributed by atoms with Crippen LogP contribution >= 0.6 is 11.6 Å². The van der Waals surface area contributed by atoms with E-state index in [1.807, 2.05) is 24.0 Å². The maximum atomic E-state index is 13.1. The first-order valence-corrected chi connectivity index (χ1v) is 11.8. The lowest BCUT2D eigenvalue weighted by atomic mass is 10.0. The largest absolute Gasteiger partial charge is 0.382 e. The van der Waals surface area contributed by atoms with Crippen LogP contribution in [-0.2, 0) is 4.74 Å². The summed E-state index contributed by atoms with van der Waals surface area (Å²) in [5.74, 6) is 2.33. The molecule has 0 unspecified atom stereocenters. The molecule has 0 amide bonds. The molecular formula is C24H26ClFN6O2. The Kier molecular flexibility index (Phi) is 6.22. The van der Waals surface area contributed by atoms with Crippen molar-refractivity contribution in [1.82, 2.24) is 19.7 Å². The molecule has 3 heterocycles. The summed E-state index contributed by atoms with van der Waals surface area (Å²) in [6.07, 6.45) is 4.05. The van der Waals surface area contributed by atoms with Gasteiger partial charge in [-0.05, 0) is 48.9 Å². The van der Waals surface area contributed by atoms with Gasteiger partial charge >= 0.3 is 0 Å². The summed E-state index contributed by atoms with van der Waals surface area (Å²) < 4.78 is 20.1. The number of ether oxygens (including phenoxy) is 1. The minimum Gasteiger partial charge on any atom is -0.382 e. The minimum atomic E-state index is -0.631. The standard InChI is InChI=1S/C24H26ClFN6O2/c1-3-31(21-11-28-20(26)10-29-21)16-4-6-17(7-5-16)32-24(33)23(25)19(9-30-32)27-8-15-12-34-13-18-14(2)22(15)18/h4-7,9-11,14-15,18,22,27H,3,8,12-13H2,1-2H3/t14-,15-,18+,22+/m0/s1. The number of benzene rings is 1. The van der Waals surface area contributed by atoms with Gasteiger partial charge < -0.3 is 15.0 Å². The van der Waals surface area contributed by atoms with Crippen molar-refractivity contribution >= 4 is 28.8 Å². The molecule has 2 aromatic heterocycles. The summed E-state index contributed by atoms with van der Waals surface area (Å²) in [7, 11) is 0. The van der Waals surface area contributed by atoms with Crippen LogP contribution in [0.25, 0.3) is 5.69 Å². The molecule has 1 saturated carbocycles. The van der Waals surface area contributed by atoms with Gasteiger partial charge in [0.1, 0.15) is 5.02 Å². The van der Waals surface area contributed by atoms with Crippen LogP contribution in [0.4, 0.5) is 21.6 Å². The van der Waals surface area contributed by atoms with Crippen LogP contribution in [0.15, 0.2) is 47.7 Å². The van der Waals surface area contributed by atoms with Crippen molar-refractivity contribution in [3.05, 3.63) is 64.2 Å². The summed E-state index contributed by atoms with van der Waals surface area (Å²) in [6.45, 7) is 7.11. The molecule has 1 aromatic carbocycles. The first kappa shape index (κ1) is 22.7. The van der Waals surface area contributed by atoms with Gasteiger partial charge in [0.2, 0.25) is 5.95 Å². The van der Waals surface area contributed by atoms with Crippen LogP contribution in [0, 0.1) is 29.6 Å². The van der Waals surface area contributed by atoms with Crippen LogP contribution in [0.2, 0.25) is 5.02 Å². The van der Waals surface area contributed by atoms with Gasteiger partial charge in [-0.2, -0.15) is 14.2 Å². The molecule has 34 heavy (non-hydrogen) atoms. The van der Waals surface area contributed by atoms with Gasteiger partial charge in [0, 0.05) is 31.3 Å². The lowest BCUT2D eigenvalue weighted by Gasteiger charge is -2.23. The van der Waals surface area contributed by atoms with E-state index in [9.17, 15) is 9.18 Å². The highest BCUT2D eigenvalue weighted by Crippen LogP contribution is 2.53. The summed E-state index contributed by atoms with van der Waals surface area (Å²) >= 11 is 6.42. The number of nitrogens with one attached hydrogen (secondary N) is 1. The molecule has 4 atom stereocenters. The van der Waals surface area contributed by atoms with E-state index in [-0.39, 0.29) is 5.02 Å². The topological polar surface area (TPSA) is 85.2 Å². The zero-order chi connectivity index (χ0) is 23.8. The van der Waals surface area contributed by atoms with Crippen molar-refractivity contribution in [3.8, 4) is 5.69 Å². The van der Waals surface area contributed by atoms with E-state index in [0.29, 0.717) is 54.0 Å². The zero-order valence-corrected chi connectivity index (χ0v) is 19.7. The molecule has 8 nitrogen and oxygen atoms in total. The van der Waals surface area contributed by atoms with Crippen molar-refractivity contribution in [2.24, 2.45) is 23.7 Å². The Labute approximate surface area is 201 Å². The van der Waals surface area contributed by atoms with Crippen LogP contribution < -0.4 is 15.8 Å². The summed E-state index contributed by atoms with van der Waals surface area (Å²) in [5.41, 5.74) is 1.54. The molecule has 10 heteroatoms. The maximum Gasteiger partial charge on any atom is 0.292 e. The van der Waals surface area contributed by atoms with Gasteiger partial charge in [-0.15, -0.1) is 0 Å². The number of halogens is 2. The fraction of sp³-hybridized carbons (Fsp3) is 0.417. The Hall–Kier alpha value is -3.04. The van der Waals surface area contributed by atoms with Gasteiger partial charge in [-0.1, -0.05) is 18.5 Å². The molecule has 0 bridgehead atoms. The Morgan fingerprint density at radius 3 is 2.71 bits per heavy atom. The van der Waals surface area contributed by atoms with Gasteiger partial charge in [-0.25, -0.2) is 9.97 Å². The molecule has 0 radical (unpaired) electrons. The molecule has 1 aliphatic carbocycles. The molecule has 2 aliphatic rings. The first-order chi connectivity index (χ1) is 16.5. The van der Waals surface area contributed by atoms with E-state index in [4.69, 9.17) is 16.3 Å². The normalized spacial score (nSPS) is 23.3. The summed E-state index contributed by atoms with van der Waals surface area (Å²) in [4.78, 5) is 22.6. The average Bonchev–Trinajstić information content (AvgIpc) is 3.53. The lowest BCUT2D eigenvalue weighted by molar-refractivity contribution is 0.0516. The highest BCUT2D eigenvalue weighted by atomic mass is 35.5. The summed E-state index contributed by atoms with van der Waals surface area (Å²) in [6, 6.07) is 7.24. The number of hydrogen-bond donors (Lipinski definition) is 1. The highest BCUT2D eigenvalue weighted by Gasteiger charge is 2.53. The molecular weight excluding hydrogens is 459 g/mol. The van der Waals surface area contributed by atoms with E-state index in [1.165, 1.54) is 10.9 Å². The van der Waals surface area contributed by atoms with E-state index in [0.717, 1.165) is 25.1 Å². The fourth-order valence-electron chi connectivity index (χ4n) is 4.96. The van der Waals surface area contributed by atoms with Gasteiger partial charge in [0.05, 0.1) is 36.6 Å². The highest BCUT2D eigenvalue weighted by molar-refractivity contribution is 6.32. The fourth-order valence-corrected chi connectivity index (χ4v) is 5.16. The van der Waals surface area contributed by atoms with Gasteiger partial charge in [0.15, 0.2) is 5.82 Å². The first-order valence-electron chi connectivity index (χ1n) is 11.4. The van der Waals surface area contributed by atoms with Crippen molar-refractivity contribution in [1.29, 1.82) is 0 Å². The predicted molar refractivity (Wildman–Crippen MR) is 128 cm³/mol. The zero-order valence-electron chi connectivity index (χ0n) is 19.0. The van der Waals surface area contributed by atoms with Crippen LogP contribution in [-0.4, -0.2) is 46.1 Å². The number of hydrogen-bond acceptors (Lipinski definition) is 7. The molecule has 178 valence electrons. The Bertz CT molecular complexity index is 1220. The van der Waals surface area contributed by atoms with Crippen molar-refractivity contribution < 1.29 is 9.13 Å².